The average molecular weight is 338 g/mol. The highest BCUT2D eigenvalue weighted by Gasteiger charge is 2.22. The van der Waals surface area contributed by atoms with E-state index in [2.05, 4.69) is 4.98 Å². The molecule has 2 aromatic carbocycles. The van der Waals surface area contributed by atoms with Crippen molar-refractivity contribution < 1.29 is 15.0 Å². The lowest BCUT2D eigenvalue weighted by Crippen LogP contribution is -2.11. The molecule has 0 spiro atoms. The van der Waals surface area contributed by atoms with E-state index in [1.54, 1.807) is 42.5 Å². The van der Waals surface area contributed by atoms with Gasteiger partial charge in [0.2, 0.25) is 0 Å². The molecule has 0 atom stereocenters. The number of carbonyl (C=O) groups is 1. The lowest BCUT2D eigenvalue weighted by molar-refractivity contribution is 0.0701. The summed E-state index contributed by atoms with van der Waals surface area (Å²) >= 11 is 0.805. The third-order valence-electron chi connectivity index (χ3n) is 3.75. The van der Waals surface area contributed by atoms with Gasteiger partial charge in [-0.1, -0.05) is 41.7 Å². The molecule has 4 aromatic rings. The number of hydrogen-bond donors (Lipinski definition) is 2. The van der Waals surface area contributed by atoms with Crippen LogP contribution in [0.4, 0.5) is 0 Å². The molecule has 0 saturated heterocycles. The molecule has 118 valence electrons. The molecule has 0 unspecified atom stereocenters. The summed E-state index contributed by atoms with van der Waals surface area (Å²) in [4.78, 5) is 28.3. The molecular formula is C17H10N2O4S. The van der Waals surface area contributed by atoms with Gasteiger partial charge in [0.25, 0.3) is 0 Å². The lowest BCUT2D eigenvalue weighted by Gasteiger charge is -2.07. The summed E-state index contributed by atoms with van der Waals surface area (Å²) in [6, 6.07) is 13.2. The van der Waals surface area contributed by atoms with Crippen LogP contribution in [0.5, 0.6) is 5.75 Å². The van der Waals surface area contributed by atoms with Gasteiger partial charge < -0.3 is 10.2 Å². The molecule has 2 N–H and O–H groups in total. The van der Waals surface area contributed by atoms with Gasteiger partial charge in [-0.25, -0.2) is 14.3 Å². The van der Waals surface area contributed by atoms with Gasteiger partial charge in [0.05, 0.1) is 21.5 Å². The van der Waals surface area contributed by atoms with E-state index < -0.39 is 10.8 Å². The smallest absolute Gasteiger partial charge is 0.337 e. The van der Waals surface area contributed by atoms with Crippen molar-refractivity contribution in [3.05, 3.63) is 63.8 Å². The van der Waals surface area contributed by atoms with Crippen LogP contribution >= 0.6 is 11.3 Å². The van der Waals surface area contributed by atoms with Crippen molar-refractivity contribution in [1.82, 2.24) is 9.55 Å². The number of para-hydroxylation sites is 3. The number of phenols is 1. The Hall–Kier alpha value is -3.19. The van der Waals surface area contributed by atoms with Crippen LogP contribution in [0.1, 0.15) is 10.4 Å². The van der Waals surface area contributed by atoms with Crippen molar-refractivity contribution in [1.29, 1.82) is 0 Å². The summed E-state index contributed by atoms with van der Waals surface area (Å²) in [7, 11) is 0. The van der Waals surface area contributed by atoms with Gasteiger partial charge in [0.15, 0.2) is 5.65 Å². The number of aromatic carboxylic acids is 1. The molecule has 0 bridgehead atoms. The van der Waals surface area contributed by atoms with E-state index in [4.69, 9.17) is 0 Å². The third kappa shape index (κ3) is 1.99. The number of rotatable bonds is 2. The Labute approximate surface area is 138 Å². The molecule has 2 heterocycles. The molecule has 0 saturated carbocycles. The molecule has 4 rings (SSSR count). The highest BCUT2D eigenvalue weighted by Crippen LogP contribution is 2.31. The Balaban J connectivity index is 2.23. The highest BCUT2D eigenvalue weighted by molar-refractivity contribution is 7.17. The molecule has 0 radical (unpaired) electrons. The van der Waals surface area contributed by atoms with Gasteiger partial charge in [0.1, 0.15) is 5.75 Å². The SMILES string of the molecule is O=C(O)c1c2ccccc2nc2c1sc(=O)n2-c1ccccc1O. The Kier molecular flexibility index (Phi) is 3.10. The minimum Gasteiger partial charge on any atom is -0.506 e. The maximum absolute atomic E-state index is 12.5. The normalized spacial score (nSPS) is 11.2. The fourth-order valence-corrected chi connectivity index (χ4v) is 3.71. The number of fused-ring (bicyclic) bond motifs is 2. The summed E-state index contributed by atoms with van der Waals surface area (Å²) in [5.41, 5.74) is 1.02. The Morgan fingerprint density at radius 2 is 1.79 bits per heavy atom. The molecule has 7 heteroatoms. The second-order valence-corrected chi connectivity index (χ2v) is 6.12. The van der Waals surface area contributed by atoms with Crippen LogP contribution in [-0.2, 0) is 0 Å². The van der Waals surface area contributed by atoms with Crippen LogP contribution in [0.3, 0.4) is 0 Å². The first-order valence-electron chi connectivity index (χ1n) is 7.04. The van der Waals surface area contributed by atoms with E-state index in [-0.39, 0.29) is 27.3 Å². The number of aromatic hydroxyl groups is 1. The van der Waals surface area contributed by atoms with Crippen molar-refractivity contribution in [2.75, 3.05) is 0 Å². The van der Waals surface area contributed by atoms with E-state index in [0.29, 0.717) is 10.9 Å². The van der Waals surface area contributed by atoms with Gasteiger partial charge in [-0.2, -0.15) is 0 Å². The number of benzene rings is 2. The minimum absolute atomic E-state index is 0.0480. The minimum atomic E-state index is -1.12. The number of pyridine rings is 1. The molecule has 6 nitrogen and oxygen atoms in total. The Bertz CT molecular complexity index is 1180. The van der Waals surface area contributed by atoms with Crippen LogP contribution in [0.15, 0.2) is 53.3 Å². The number of carboxylic acids is 1. The van der Waals surface area contributed by atoms with Crippen molar-refractivity contribution in [3.8, 4) is 11.4 Å². The number of hydrogen-bond acceptors (Lipinski definition) is 5. The summed E-state index contributed by atoms with van der Waals surface area (Å²) in [5.74, 6) is -1.20. The maximum Gasteiger partial charge on any atom is 0.337 e. The van der Waals surface area contributed by atoms with E-state index >= 15 is 0 Å². The first-order valence-corrected chi connectivity index (χ1v) is 7.85. The van der Waals surface area contributed by atoms with E-state index in [1.807, 2.05) is 0 Å². The summed E-state index contributed by atoms with van der Waals surface area (Å²) in [5, 5.41) is 20.2. The second kappa shape index (κ2) is 5.17. The molecule has 0 aliphatic heterocycles. The second-order valence-electron chi connectivity index (χ2n) is 5.15. The molecule has 0 aliphatic carbocycles. The van der Waals surface area contributed by atoms with Crippen LogP contribution in [0.2, 0.25) is 0 Å². The van der Waals surface area contributed by atoms with Crippen LogP contribution < -0.4 is 4.87 Å². The van der Waals surface area contributed by atoms with Gasteiger partial charge in [-0.05, 0) is 18.2 Å². The summed E-state index contributed by atoms with van der Waals surface area (Å²) in [6.45, 7) is 0. The largest absolute Gasteiger partial charge is 0.506 e. The highest BCUT2D eigenvalue weighted by atomic mass is 32.1. The van der Waals surface area contributed by atoms with Crippen LogP contribution in [0, 0.1) is 0 Å². The standard InChI is InChI=1S/C17H10N2O4S/c20-12-8-4-3-7-11(12)19-15-14(24-17(19)23)13(16(21)22)9-5-1-2-6-10(9)18-15/h1-8,20H,(H,21,22). The summed E-state index contributed by atoms with van der Waals surface area (Å²) in [6.07, 6.45) is 0. The molecular weight excluding hydrogens is 328 g/mol. The predicted molar refractivity (Wildman–Crippen MR) is 91.3 cm³/mol. The van der Waals surface area contributed by atoms with E-state index in [9.17, 15) is 19.8 Å². The monoisotopic (exact) mass is 338 g/mol. The Morgan fingerprint density at radius 3 is 2.54 bits per heavy atom. The summed E-state index contributed by atoms with van der Waals surface area (Å²) < 4.78 is 1.53. The van der Waals surface area contributed by atoms with E-state index in [1.165, 1.54) is 10.6 Å². The molecule has 24 heavy (non-hydrogen) atoms. The molecule has 0 aliphatic rings. The van der Waals surface area contributed by atoms with Crippen molar-refractivity contribution in [2.24, 2.45) is 0 Å². The number of phenolic OH excluding ortho intramolecular Hbond substituents is 1. The van der Waals surface area contributed by atoms with Gasteiger partial charge in [-0.3, -0.25) is 4.79 Å². The number of aromatic nitrogens is 2. The lowest BCUT2D eigenvalue weighted by atomic mass is 10.1. The first kappa shape index (κ1) is 14.4. The first-order chi connectivity index (χ1) is 11.6. The molecule has 2 aromatic heterocycles. The third-order valence-corrected chi connectivity index (χ3v) is 4.70. The zero-order valence-electron chi connectivity index (χ0n) is 12.1. The van der Waals surface area contributed by atoms with Gasteiger partial charge in [-0.15, -0.1) is 0 Å². The zero-order chi connectivity index (χ0) is 16.8. The van der Waals surface area contributed by atoms with Crippen molar-refractivity contribution >= 4 is 38.6 Å². The average Bonchev–Trinajstić information content (AvgIpc) is 2.88. The molecule has 0 fully saturated rings. The fraction of sp³-hybridized carbons (Fsp3) is 0. The van der Waals surface area contributed by atoms with Crippen molar-refractivity contribution in [3.63, 3.8) is 0 Å². The topological polar surface area (TPSA) is 92.4 Å². The maximum atomic E-state index is 12.5. The van der Waals surface area contributed by atoms with Gasteiger partial charge >= 0.3 is 10.8 Å². The predicted octanol–water partition coefficient (Wildman–Crippen LogP) is 3.00. The molecule has 0 amide bonds. The van der Waals surface area contributed by atoms with Crippen LogP contribution in [-0.4, -0.2) is 25.7 Å². The van der Waals surface area contributed by atoms with E-state index in [0.717, 1.165) is 11.3 Å². The Morgan fingerprint density at radius 1 is 1.08 bits per heavy atom. The number of thiazole rings is 1. The number of nitrogens with zero attached hydrogens (tertiary/aromatic N) is 2. The fourth-order valence-electron chi connectivity index (χ4n) is 2.73. The van der Waals surface area contributed by atoms with Crippen LogP contribution in [0.25, 0.3) is 26.9 Å². The number of carboxylic acid groups (broad SMARTS) is 1. The quantitative estimate of drug-likeness (QED) is 0.586. The van der Waals surface area contributed by atoms with Gasteiger partial charge in [0, 0.05) is 5.39 Å². The zero-order valence-corrected chi connectivity index (χ0v) is 12.9. The van der Waals surface area contributed by atoms with Crippen molar-refractivity contribution in [2.45, 2.75) is 0 Å².